The van der Waals surface area contributed by atoms with E-state index in [1.807, 2.05) is 12.1 Å². The summed E-state index contributed by atoms with van der Waals surface area (Å²) in [4.78, 5) is 17.2. The van der Waals surface area contributed by atoms with Crippen molar-refractivity contribution in [2.75, 3.05) is 31.8 Å². The molecule has 12 heteroatoms. The average molecular weight is 510 g/mol. The van der Waals surface area contributed by atoms with Gasteiger partial charge in [-0.15, -0.1) is 0 Å². The number of anilines is 1. The highest BCUT2D eigenvalue weighted by molar-refractivity contribution is 7.90. The number of hydrogen-bond donors (Lipinski definition) is 1. The molecule has 0 bridgehead atoms. The molecule has 33 heavy (non-hydrogen) atoms. The van der Waals surface area contributed by atoms with Gasteiger partial charge in [-0.05, 0) is 55.3 Å². The number of aromatic nitrogens is 1. The van der Waals surface area contributed by atoms with E-state index < -0.39 is 19.9 Å². The van der Waals surface area contributed by atoms with E-state index in [0.29, 0.717) is 23.7 Å². The summed E-state index contributed by atoms with van der Waals surface area (Å²) < 4.78 is 56.5. The van der Waals surface area contributed by atoms with Crippen molar-refractivity contribution in [3.63, 3.8) is 0 Å². The molecule has 2 aromatic carbocycles. The second-order valence-corrected chi connectivity index (χ2v) is 12.7. The number of amides is 1. The monoisotopic (exact) mass is 509 g/mol. The molecule has 0 radical (unpaired) electrons. The number of sulfone groups is 1. The van der Waals surface area contributed by atoms with Crippen LogP contribution in [0.4, 0.5) is 5.13 Å². The number of hydrogen-bond acceptors (Lipinski definition) is 8. The first-order valence-corrected chi connectivity index (χ1v) is 14.3. The van der Waals surface area contributed by atoms with E-state index >= 15 is 0 Å². The van der Waals surface area contributed by atoms with Crippen LogP contribution in [-0.4, -0.2) is 58.5 Å². The molecule has 9 nitrogen and oxygen atoms in total. The number of carbonyl (C=O) groups excluding carboxylic acids is 1. The maximum absolute atomic E-state index is 12.9. The number of rotatable bonds is 6. The Hall–Kier alpha value is -2.54. The van der Waals surface area contributed by atoms with E-state index in [-0.39, 0.29) is 34.7 Å². The van der Waals surface area contributed by atoms with Crippen LogP contribution in [0.15, 0.2) is 52.3 Å². The van der Waals surface area contributed by atoms with Gasteiger partial charge in [-0.25, -0.2) is 21.8 Å². The molecule has 1 fully saturated rings. The standard InChI is InChI=1S/C21H23N3O6S3/c1-30-15-3-8-18-19(13-15)31-21(22-18)23-20(25)14-9-11-24(12-10-14)33(28,29)17-6-4-16(5-7-17)32(2,26)27/h3-8,13-14H,9-12H2,1-2H3,(H,22,23,25). The first kappa shape index (κ1) is 23.6. The Bertz CT molecular complexity index is 1390. The summed E-state index contributed by atoms with van der Waals surface area (Å²) in [7, 11) is -5.59. The zero-order valence-electron chi connectivity index (χ0n) is 18.0. The Labute approximate surface area is 196 Å². The van der Waals surface area contributed by atoms with Crippen LogP contribution in [0.1, 0.15) is 12.8 Å². The lowest BCUT2D eigenvalue weighted by atomic mass is 9.97. The largest absolute Gasteiger partial charge is 0.497 e. The third-order valence-corrected chi connectivity index (χ3v) is 9.52. The minimum atomic E-state index is -3.77. The van der Waals surface area contributed by atoms with Crippen LogP contribution in [0, 0.1) is 5.92 Å². The van der Waals surface area contributed by atoms with Crippen molar-refractivity contribution in [1.29, 1.82) is 0 Å². The highest BCUT2D eigenvalue weighted by Gasteiger charge is 2.32. The van der Waals surface area contributed by atoms with Gasteiger partial charge in [-0.1, -0.05) is 11.3 Å². The highest BCUT2D eigenvalue weighted by Crippen LogP contribution is 2.30. The van der Waals surface area contributed by atoms with E-state index in [1.165, 1.54) is 39.9 Å². The topological polar surface area (TPSA) is 123 Å². The maximum atomic E-state index is 12.9. The van der Waals surface area contributed by atoms with Crippen molar-refractivity contribution in [1.82, 2.24) is 9.29 Å². The van der Waals surface area contributed by atoms with Gasteiger partial charge in [0.25, 0.3) is 0 Å². The number of carbonyl (C=O) groups is 1. The number of benzene rings is 2. The lowest BCUT2D eigenvalue weighted by Gasteiger charge is -2.30. The second kappa shape index (κ2) is 9.01. The summed E-state index contributed by atoms with van der Waals surface area (Å²) in [5.74, 6) is 0.199. The molecule has 0 aliphatic carbocycles. The average Bonchev–Trinajstić information content (AvgIpc) is 3.20. The quantitative estimate of drug-likeness (QED) is 0.542. The number of sulfonamides is 1. The minimum absolute atomic E-state index is 0.0303. The van der Waals surface area contributed by atoms with Crippen LogP contribution in [0.2, 0.25) is 0 Å². The smallest absolute Gasteiger partial charge is 0.243 e. The van der Waals surface area contributed by atoms with E-state index in [2.05, 4.69) is 10.3 Å². The molecule has 1 aliphatic heterocycles. The third kappa shape index (κ3) is 5.03. The fourth-order valence-corrected chi connectivity index (χ4v) is 6.66. The van der Waals surface area contributed by atoms with Crippen LogP contribution in [0.3, 0.4) is 0 Å². The Morgan fingerprint density at radius 1 is 1.06 bits per heavy atom. The zero-order valence-corrected chi connectivity index (χ0v) is 20.5. The molecule has 0 saturated carbocycles. The Balaban J connectivity index is 1.39. The molecular weight excluding hydrogens is 486 g/mol. The maximum Gasteiger partial charge on any atom is 0.243 e. The molecule has 3 aromatic rings. The SMILES string of the molecule is COc1ccc2nc(NC(=O)C3CCN(S(=O)(=O)c4ccc(S(C)(=O)=O)cc4)CC3)sc2c1. The van der Waals surface area contributed by atoms with Crippen molar-refractivity contribution < 1.29 is 26.4 Å². The van der Waals surface area contributed by atoms with Gasteiger partial charge in [0.15, 0.2) is 15.0 Å². The first-order valence-electron chi connectivity index (χ1n) is 10.1. The lowest BCUT2D eigenvalue weighted by Crippen LogP contribution is -2.41. The van der Waals surface area contributed by atoms with E-state index in [1.54, 1.807) is 13.2 Å². The number of ether oxygens (including phenoxy) is 1. The van der Waals surface area contributed by atoms with E-state index in [4.69, 9.17) is 4.74 Å². The summed E-state index contributed by atoms with van der Waals surface area (Å²) in [5, 5.41) is 3.34. The van der Waals surface area contributed by atoms with Crippen molar-refractivity contribution in [3.8, 4) is 5.75 Å². The Morgan fingerprint density at radius 2 is 1.70 bits per heavy atom. The van der Waals surface area contributed by atoms with Crippen molar-refractivity contribution >= 4 is 52.5 Å². The second-order valence-electron chi connectivity index (χ2n) is 7.76. The Morgan fingerprint density at radius 3 is 2.30 bits per heavy atom. The number of fused-ring (bicyclic) bond motifs is 1. The molecule has 1 N–H and O–H groups in total. The van der Waals surface area contributed by atoms with Crippen molar-refractivity contribution in [2.45, 2.75) is 22.6 Å². The number of nitrogens with zero attached hydrogens (tertiary/aromatic N) is 2. The third-order valence-electron chi connectivity index (χ3n) is 5.54. The van der Waals surface area contributed by atoms with Crippen LogP contribution in [0.5, 0.6) is 5.75 Å². The lowest BCUT2D eigenvalue weighted by molar-refractivity contribution is -0.120. The van der Waals surface area contributed by atoms with Crippen LogP contribution in [-0.2, 0) is 24.7 Å². The molecular formula is C21H23N3O6S3. The molecule has 4 rings (SSSR count). The molecule has 2 heterocycles. The van der Waals surface area contributed by atoms with E-state index in [9.17, 15) is 21.6 Å². The van der Waals surface area contributed by atoms with Gasteiger partial charge in [-0.3, -0.25) is 4.79 Å². The van der Waals surface area contributed by atoms with Gasteiger partial charge in [-0.2, -0.15) is 4.31 Å². The molecule has 0 spiro atoms. The number of thiazole rings is 1. The molecule has 1 saturated heterocycles. The normalized spacial score (nSPS) is 16.1. The van der Waals surface area contributed by atoms with Gasteiger partial charge in [0.2, 0.25) is 15.9 Å². The van der Waals surface area contributed by atoms with E-state index in [0.717, 1.165) is 16.5 Å². The summed E-state index contributed by atoms with van der Waals surface area (Å²) >= 11 is 1.35. The van der Waals surface area contributed by atoms with Crippen LogP contribution in [0.25, 0.3) is 10.2 Å². The summed E-state index contributed by atoms with van der Waals surface area (Å²) in [6, 6.07) is 10.7. The molecule has 1 aromatic heterocycles. The summed E-state index contributed by atoms with van der Waals surface area (Å²) in [6.45, 7) is 0.399. The van der Waals surface area contributed by atoms with Crippen molar-refractivity contribution in [2.24, 2.45) is 5.92 Å². The fourth-order valence-electron chi connectivity index (χ4n) is 3.66. The van der Waals surface area contributed by atoms with Crippen molar-refractivity contribution in [3.05, 3.63) is 42.5 Å². The number of nitrogens with one attached hydrogen (secondary N) is 1. The van der Waals surface area contributed by atoms with Gasteiger partial charge < -0.3 is 10.1 Å². The highest BCUT2D eigenvalue weighted by atomic mass is 32.2. The summed E-state index contributed by atoms with van der Waals surface area (Å²) in [5.41, 5.74) is 0.763. The fraction of sp³-hybridized carbons (Fsp3) is 0.333. The predicted molar refractivity (Wildman–Crippen MR) is 126 cm³/mol. The molecule has 176 valence electrons. The number of piperidine rings is 1. The first-order chi connectivity index (χ1) is 15.6. The van der Waals surface area contributed by atoms with Crippen LogP contribution >= 0.6 is 11.3 Å². The summed E-state index contributed by atoms with van der Waals surface area (Å²) in [6.07, 6.45) is 1.83. The number of methoxy groups -OCH3 is 1. The molecule has 0 unspecified atom stereocenters. The predicted octanol–water partition coefficient (Wildman–Crippen LogP) is 2.75. The van der Waals surface area contributed by atoms with Gasteiger partial charge in [0.1, 0.15) is 5.75 Å². The van der Waals surface area contributed by atoms with Gasteiger partial charge in [0.05, 0.1) is 27.1 Å². The van der Waals surface area contributed by atoms with Gasteiger partial charge in [0, 0.05) is 25.3 Å². The van der Waals surface area contributed by atoms with Gasteiger partial charge >= 0.3 is 0 Å². The minimum Gasteiger partial charge on any atom is -0.497 e. The zero-order chi connectivity index (χ0) is 23.8. The molecule has 1 amide bonds. The Kier molecular flexibility index (Phi) is 6.45. The molecule has 0 atom stereocenters. The van der Waals surface area contributed by atoms with Crippen LogP contribution < -0.4 is 10.1 Å². The molecule has 1 aliphatic rings.